The van der Waals surface area contributed by atoms with Crippen LogP contribution in [0.15, 0.2) is 53.0 Å². The van der Waals surface area contributed by atoms with E-state index in [2.05, 4.69) is 15.9 Å². The third kappa shape index (κ3) is 4.76. The molecule has 2 heterocycles. The van der Waals surface area contributed by atoms with E-state index in [0.29, 0.717) is 16.9 Å². The van der Waals surface area contributed by atoms with Crippen molar-refractivity contribution in [2.45, 2.75) is 64.4 Å². The number of rotatable bonds is 3. The Morgan fingerprint density at radius 2 is 1.40 bits per heavy atom. The molecule has 2 aliphatic rings. The van der Waals surface area contributed by atoms with Crippen LogP contribution in [0.5, 0.6) is 34.5 Å². The van der Waals surface area contributed by atoms with E-state index in [0.717, 1.165) is 27.8 Å². The Morgan fingerprint density at radius 3 is 2.09 bits per heavy atom. The average molecular weight is 650 g/mol. The molecular formula is C34H33BrO8. The first kappa shape index (κ1) is 29.2. The Hall–Kier alpha value is -3.92. The lowest BCUT2D eigenvalue weighted by Crippen LogP contribution is -2.36. The van der Waals surface area contributed by atoms with Crippen molar-refractivity contribution in [1.82, 2.24) is 0 Å². The fourth-order valence-electron chi connectivity index (χ4n) is 6.39. The van der Waals surface area contributed by atoms with Gasteiger partial charge >= 0.3 is 0 Å². The molecule has 4 aromatic carbocycles. The highest BCUT2D eigenvalue weighted by Gasteiger charge is 2.45. The monoisotopic (exact) mass is 648 g/mol. The van der Waals surface area contributed by atoms with E-state index >= 15 is 0 Å². The molecule has 6 N–H and O–H groups in total. The zero-order valence-corrected chi connectivity index (χ0v) is 25.7. The molecule has 0 aliphatic carbocycles. The number of hydrogen-bond donors (Lipinski definition) is 6. The number of fused-ring (bicyclic) bond motifs is 2. The van der Waals surface area contributed by atoms with Crippen LogP contribution in [-0.2, 0) is 6.42 Å². The molecule has 0 amide bonds. The van der Waals surface area contributed by atoms with Gasteiger partial charge in [0.25, 0.3) is 0 Å². The lowest BCUT2D eigenvalue weighted by atomic mass is 9.76. The summed E-state index contributed by atoms with van der Waals surface area (Å²) in [4.78, 5) is 0. The molecule has 0 spiro atoms. The van der Waals surface area contributed by atoms with Crippen LogP contribution in [0.3, 0.4) is 0 Å². The van der Waals surface area contributed by atoms with Crippen molar-refractivity contribution >= 4 is 15.9 Å². The molecule has 9 heteroatoms. The molecule has 2 aliphatic heterocycles. The third-order valence-electron chi connectivity index (χ3n) is 8.69. The molecule has 5 atom stereocenters. The number of aliphatic hydroxyl groups is 2. The normalized spacial score (nSPS) is 22.7. The Labute approximate surface area is 257 Å². The van der Waals surface area contributed by atoms with E-state index in [1.165, 1.54) is 18.2 Å². The van der Waals surface area contributed by atoms with Crippen molar-refractivity contribution in [3.8, 4) is 34.5 Å². The summed E-state index contributed by atoms with van der Waals surface area (Å²) < 4.78 is 12.7. The number of hydrogen-bond acceptors (Lipinski definition) is 8. The molecule has 0 bridgehead atoms. The average Bonchev–Trinajstić information content (AvgIpc) is 2.95. The van der Waals surface area contributed by atoms with Gasteiger partial charge in [-0.25, -0.2) is 0 Å². The predicted octanol–water partition coefficient (Wildman–Crippen LogP) is 6.17. The number of phenolic OH excluding ortho intramolecular Hbond substituents is 4. The maximum Gasteiger partial charge on any atom is 0.157 e. The predicted molar refractivity (Wildman–Crippen MR) is 163 cm³/mol. The maximum atomic E-state index is 12.0. The Kier molecular flexibility index (Phi) is 7.23. The van der Waals surface area contributed by atoms with E-state index < -0.39 is 30.3 Å². The number of phenols is 4. The van der Waals surface area contributed by atoms with Crippen LogP contribution in [0.2, 0.25) is 0 Å². The first-order chi connectivity index (χ1) is 20.4. The second-order valence-corrected chi connectivity index (χ2v) is 12.4. The molecule has 0 radical (unpaired) electrons. The van der Waals surface area contributed by atoms with Gasteiger partial charge in [-0.3, -0.25) is 0 Å². The fraction of sp³-hybridized carbons (Fsp3) is 0.294. The van der Waals surface area contributed by atoms with Gasteiger partial charge in [0.2, 0.25) is 0 Å². The summed E-state index contributed by atoms with van der Waals surface area (Å²) >= 11 is 3.46. The molecule has 0 fully saturated rings. The molecule has 0 aromatic heterocycles. The van der Waals surface area contributed by atoms with Gasteiger partial charge in [0, 0.05) is 23.1 Å². The van der Waals surface area contributed by atoms with E-state index in [4.69, 9.17) is 9.47 Å². The van der Waals surface area contributed by atoms with Crippen molar-refractivity contribution in [2.24, 2.45) is 0 Å². The van der Waals surface area contributed by atoms with Crippen LogP contribution in [0, 0.1) is 27.7 Å². The zero-order chi connectivity index (χ0) is 30.9. The summed E-state index contributed by atoms with van der Waals surface area (Å²) in [5, 5.41) is 66.2. The van der Waals surface area contributed by atoms with Gasteiger partial charge in [0.15, 0.2) is 23.7 Å². The summed E-state index contributed by atoms with van der Waals surface area (Å²) in [6.45, 7) is 7.85. The van der Waals surface area contributed by atoms with Gasteiger partial charge in [0.05, 0.1) is 12.0 Å². The lowest BCUT2D eigenvalue weighted by Gasteiger charge is -2.40. The molecular weight excluding hydrogens is 616 g/mol. The Morgan fingerprint density at radius 1 is 0.698 bits per heavy atom. The van der Waals surface area contributed by atoms with Crippen LogP contribution >= 0.6 is 15.9 Å². The highest BCUT2D eigenvalue weighted by atomic mass is 79.9. The van der Waals surface area contributed by atoms with Crippen LogP contribution < -0.4 is 9.47 Å². The quantitative estimate of drug-likeness (QED) is 0.145. The van der Waals surface area contributed by atoms with E-state index in [1.54, 1.807) is 0 Å². The van der Waals surface area contributed by atoms with Crippen molar-refractivity contribution in [1.29, 1.82) is 0 Å². The first-order valence-corrected chi connectivity index (χ1v) is 14.8. The Bertz CT molecular complexity index is 1770. The lowest BCUT2D eigenvalue weighted by molar-refractivity contribution is 0.00643. The molecule has 4 aromatic rings. The van der Waals surface area contributed by atoms with Crippen LogP contribution in [-0.4, -0.2) is 42.8 Å². The van der Waals surface area contributed by atoms with Crippen LogP contribution in [0.1, 0.15) is 68.2 Å². The summed E-state index contributed by atoms with van der Waals surface area (Å²) in [6.07, 6.45) is -4.11. The van der Waals surface area contributed by atoms with E-state index in [-0.39, 0.29) is 50.8 Å². The number of benzene rings is 4. The molecule has 224 valence electrons. The SMILES string of the molecule is Cc1cc(C)c2c(c1)OC(c1ccc(C)c(C)c1)C(O)C2c1c(O)c(Br)c2c(c1O)CC(O)C(c1ccc(O)c(O)c1)O2. The molecule has 0 saturated carbocycles. The van der Waals surface area contributed by atoms with Crippen molar-refractivity contribution in [3.63, 3.8) is 0 Å². The number of aromatic hydroxyl groups is 4. The van der Waals surface area contributed by atoms with Crippen molar-refractivity contribution in [2.75, 3.05) is 0 Å². The molecule has 5 unspecified atom stereocenters. The minimum Gasteiger partial charge on any atom is -0.507 e. The van der Waals surface area contributed by atoms with Crippen LogP contribution in [0.4, 0.5) is 0 Å². The summed E-state index contributed by atoms with van der Waals surface area (Å²) in [6, 6.07) is 13.8. The smallest absolute Gasteiger partial charge is 0.157 e. The fourth-order valence-corrected chi connectivity index (χ4v) is 6.93. The summed E-state index contributed by atoms with van der Waals surface area (Å²) in [5.41, 5.74) is 6.11. The van der Waals surface area contributed by atoms with Gasteiger partial charge in [-0.05, 0) is 95.2 Å². The molecule has 6 rings (SSSR count). The minimum absolute atomic E-state index is 0.0427. The third-order valence-corrected chi connectivity index (χ3v) is 9.43. The molecule has 43 heavy (non-hydrogen) atoms. The van der Waals surface area contributed by atoms with Gasteiger partial charge in [-0.1, -0.05) is 30.3 Å². The van der Waals surface area contributed by atoms with Gasteiger partial charge < -0.3 is 40.1 Å². The highest BCUT2D eigenvalue weighted by Crippen LogP contribution is 2.57. The van der Waals surface area contributed by atoms with E-state index in [9.17, 15) is 30.6 Å². The standard InChI is InChI=1S/C34H33BrO8/c1-14-9-17(4)25-24(10-14)42-33(18-6-5-15(2)16(3)11-18)31(41)26(25)27-29(39)20-13-23(38)32(43-34(20)28(35)30(27)40)19-7-8-21(36)22(37)12-19/h5-12,23,26,31-33,36-41H,13H2,1-4H3. The van der Waals surface area contributed by atoms with Crippen molar-refractivity contribution in [3.05, 3.63) is 103 Å². The minimum atomic E-state index is -1.19. The topological polar surface area (TPSA) is 140 Å². The number of aryl methyl sites for hydroxylation is 4. The van der Waals surface area contributed by atoms with E-state index in [1.807, 2.05) is 58.0 Å². The van der Waals surface area contributed by atoms with Gasteiger partial charge in [0.1, 0.15) is 33.6 Å². The Balaban J connectivity index is 1.51. The largest absolute Gasteiger partial charge is 0.507 e. The number of halogens is 1. The zero-order valence-electron chi connectivity index (χ0n) is 24.1. The first-order valence-electron chi connectivity index (χ1n) is 14.0. The summed E-state index contributed by atoms with van der Waals surface area (Å²) in [7, 11) is 0. The maximum absolute atomic E-state index is 12.0. The molecule has 0 saturated heterocycles. The second kappa shape index (κ2) is 10.7. The second-order valence-electron chi connectivity index (χ2n) is 11.6. The van der Waals surface area contributed by atoms with Crippen molar-refractivity contribution < 1.29 is 40.1 Å². The highest BCUT2D eigenvalue weighted by molar-refractivity contribution is 9.10. The van der Waals surface area contributed by atoms with Crippen LogP contribution in [0.25, 0.3) is 0 Å². The van der Waals surface area contributed by atoms with Gasteiger partial charge in [-0.2, -0.15) is 0 Å². The number of aliphatic hydroxyl groups excluding tert-OH is 2. The summed E-state index contributed by atoms with van der Waals surface area (Å²) in [5.74, 6) is -1.48. The molecule has 8 nitrogen and oxygen atoms in total. The van der Waals surface area contributed by atoms with Gasteiger partial charge in [-0.15, -0.1) is 0 Å². The number of ether oxygens (including phenoxy) is 2.